The highest BCUT2D eigenvalue weighted by Gasteiger charge is 2.53. The van der Waals surface area contributed by atoms with Crippen LogP contribution in [0.3, 0.4) is 0 Å². The molecule has 0 aliphatic heterocycles. The number of rotatable bonds is 5. The monoisotopic (exact) mass is 246 g/mol. The fourth-order valence-electron chi connectivity index (χ4n) is 0.810. The molecule has 1 atom stereocenters. The summed E-state index contributed by atoms with van der Waals surface area (Å²) >= 11 is 0. The standard InChI is InChI=1S/C6H15O6PS/c1-4-6(3,13(7,8)9)14(10,11)12-5-2/h4-5H2,1-3H3,(H2,7,8,9). The van der Waals surface area contributed by atoms with Gasteiger partial charge in [-0.3, -0.25) is 8.75 Å². The zero-order chi connectivity index (χ0) is 11.6. The van der Waals surface area contributed by atoms with E-state index in [9.17, 15) is 13.0 Å². The number of hydrogen-bond acceptors (Lipinski definition) is 4. The van der Waals surface area contributed by atoms with Crippen molar-refractivity contribution in [3.63, 3.8) is 0 Å². The van der Waals surface area contributed by atoms with E-state index in [1.54, 1.807) is 0 Å². The largest absolute Gasteiger partial charge is 0.348 e. The van der Waals surface area contributed by atoms with Crippen LogP contribution in [0.4, 0.5) is 0 Å². The van der Waals surface area contributed by atoms with Gasteiger partial charge in [0, 0.05) is 0 Å². The summed E-state index contributed by atoms with van der Waals surface area (Å²) < 4.78 is 36.1. The van der Waals surface area contributed by atoms with E-state index in [1.165, 1.54) is 13.8 Å². The molecular formula is C6H15O6PS. The van der Waals surface area contributed by atoms with E-state index in [0.717, 1.165) is 6.92 Å². The van der Waals surface area contributed by atoms with Crippen LogP contribution in [0.25, 0.3) is 0 Å². The van der Waals surface area contributed by atoms with Gasteiger partial charge in [0.25, 0.3) is 10.1 Å². The molecule has 6 nitrogen and oxygen atoms in total. The Balaban J connectivity index is 5.38. The van der Waals surface area contributed by atoms with Crippen molar-refractivity contribution in [1.82, 2.24) is 0 Å². The highest BCUT2D eigenvalue weighted by atomic mass is 32.2. The zero-order valence-corrected chi connectivity index (χ0v) is 10.0. The van der Waals surface area contributed by atoms with Gasteiger partial charge in [0.1, 0.15) is 0 Å². The zero-order valence-electron chi connectivity index (χ0n) is 8.30. The van der Waals surface area contributed by atoms with Gasteiger partial charge in [0.2, 0.25) is 0 Å². The number of hydrogen-bond donors (Lipinski definition) is 2. The van der Waals surface area contributed by atoms with Crippen molar-refractivity contribution < 1.29 is 27.0 Å². The molecule has 0 saturated heterocycles. The second kappa shape index (κ2) is 4.28. The summed E-state index contributed by atoms with van der Waals surface area (Å²) in [6, 6.07) is 0. The van der Waals surface area contributed by atoms with Crippen molar-refractivity contribution in [2.24, 2.45) is 0 Å². The molecule has 0 fully saturated rings. The molecule has 0 aromatic rings. The van der Waals surface area contributed by atoms with E-state index in [0.29, 0.717) is 0 Å². The topological polar surface area (TPSA) is 101 Å². The van der Waals surface area contributed by atoms with E-state index in [2.05, 4.69) is 4.18 Å². The quantitative estimate of drug-likeness (QED) is 0.545. The molecule has 0 amide bonds. The summed E-state index contributed by atoms with van der Waals surface area (Å²) in [6.07, 6.45) is -0.209. The molecule has 8 heteroatoms. The van der Waals surface area contributed by atoms with Crippen molar-refractivity contribution in [2.45, 2.75) is 31.7 Å². The van der Waals surface area contributed by atoms with Gasteiger partial charge in [-0.05, 0) is 20.3 Å². The molecule has 0 aliphatic carbocycles. The molecule has 0 spiro atoms. The van der Waals surface area contributed by atoms with E-state index in [-0.39, 0.29) is 13.0 Å². The fraction of sp³-hybridized carbons (Fsp3) is 1.00. The van der Waals surface area contributed by atoms with E-state index < -0.39 is 22.2 Å². The van der Waals surface area contributed by atoms with E-state index in [1.807, 2.05) is 0 Å². The average molecular weight is 246 g/mol. The second-order valence-electron chi connectivity index (χ2n) is 2.93. The third kappa shape index (κ3) is 2.35. The first-order valence-electron chi connectivity index (χ1n) is 4.07. The first-order chi connectivity index (χ1) is 6.12. The smallest absolute Gasteiger partial charge is 0.323 e. The Kier molecular flexibility index (Phi) is 4.30. The summed E-state index contributed by atoms with van der Waals surface area (Å²) in [5.74, 6) is 0. The Hall–Kier alpha value is 0.0600. The molecule has 0 aromatic carbocycles. The van der Waals surface area contributed by atoms with Gasteiger partial charge in [-0.25, -0.2) is 0 Å². The minimum atomic E-state index is -4.75. The molecular weight excluding hydrogens is 231 g/mol. The van der Waals surface area contributed by atoms with E-state index >= 15 is 0 Å². The molecule has 1 unspecified atom stereocenters. The highest BCUT2D eigenvalue weighted by molar-refractivity contribution is 7.95. The first kappa shape index (κ1) is 14.1. The van der Waals surface area contributed by atoms with Crippen molar-refractivity contribution in [3.05, 3.63) is 0 Å². The lowest BCUT2D eigenvalue weighted by Crippen LogP contribution is -2.36. The third-order valence-electron chi connectivity index (χ3n) is 2.08. The molecule has 0 saturated carbocycles. The van der Waals surface area contributed by atoms with Gasteiger partial charge < -0.3 is 9.79 Å². The first-order valence-corrected chi connectivity index (χ1v) is 7.09. The lowest BCUT2D eigenvalue weighted by molar-refractivity contribution is 0.306. The molecule has 0 bridgehead atoms. The molecule has 86 valence electrons. The maximum Gasteiger partial charge on any atom is 0.348 e. The lowest BCUT2D eigenvalue weighted by Gasteiger charge is -2.27. The summed E-state index contributed by atoms with van der Waals surface area (Å²) in [4.78, 5) is 17.9. The lowest BCUT2D eigenvalue weighted by atomic mass is 10.4. The predicted molar refractivity (Wildman–Crippen MR) is 51.3 cm³/mol. The Morgan fingerprint density at radius 2 is 1.79 bits per heavy atom. The summed E-state index contributed by atoms with van der Waals surface area (Å²) in [6.45, 7) is 3.67. The van der Waals surface area contributed by atoms with Crippen LogP contribution in [-0.4, -0.2) is 29.3 Å². The molecule has 2 N–H and O–H groups in total. The van der Waals surface area contributed by atoms with Gasteiger partial charge in [-0.1, -0.05) is 6.92 Å². The normalized spacial score (nSPS) is 17.8. The molecule has 0 heterocycles. The van der Waals surface area contributed by atoms with Crippen LogP contribution in [0.5, 0.6) is 0 Å². The molecule has 0 aromatic heterocycles. The second-order valence-corrected chi connectivity index (χ2v) is 7.36. The molecule has 14 heavy (non-hydrogen) atoms. The van der Waals surface area contributed by atoms with Gasteiger partial charge in [0.05, 0.1) is 6.61 Å². The summed E-state index contributed by atoms with van der Waals surface area (Å²) in [5.41, 5.74) is 0. The van der Waals surface area contributed by atoms with Gasteiger partial charge >= 0.3 is 7.60 Å². The Morgan fingerprint density at radius 1 is 1.36 bits per heavy atom. The summed E-state index contributed by atoms with van der Waals surface area (Å²) in [5, 5.41) is 0. The third-order valence-corrected chi connectivity index (χ3v) is 6.93. The van der Waals surface area contributed by atoms with Crippen molar-refractivity contribution in [2.75, 3.05) is 6.61 Å². The summed E-state index contributed by atoms with van der Waals surface area (Å²) in [7, 11) is -8.99. The van der Waals surface area contributed by atoms with Crippen LogP contribution in [0.2, 0.25) is 0 Å². The van der Waals surface area contributed by atoms with Gasteiger partial charge in [-0.15, -0.1) is 0 Å². The van der Waals surface area contributed by atoms with Crippen molar-refractivity contribution in [3.8, 4) is 0 Å². The molecule has 0 rings (SSSR count). The van der Waals surface area contributed by atoms with Crippen molar-refractivity contribution in [1.29, 1.82) is 0 Å². The molecule has 0 aliphatic rings. The highest BCUT2D eigenvalue weighted by Crippen LogP contribution is 2.55. The van der Waals surface area contributed by atoms with Gasteiger partial charge in [0.15, 0.2) is 4.49 Å². The predicted octanol–water partition coefficient (Wildman–Crippen LogP) is 0.657. The average Bonchev–Trinajstić information content (AvgIpc) is 2.00. The Labute approximate surface area is 83.6 Å². The van der Waals surface area contributed by atoms with Crippen LogP contribution in [0, 0.1) is 0 Å². The van der Waals surface area contributed by atoms with Crippen molar-refractivity contribution >= 4 is 17.7 Å². The SMILES string of the molecule is CCOS(=O)(=O)C(C)(CC)P(=O)(O)O. The van der Waals surface area contributed by atoms with Crippen LogP contribution < -0.4 is 0 Å². The van der Waals surface area contributed by atoms with Gasteiger partial charge in [-0.2, -0.15) is 8.42 Å². The molecule has 0 radical (unpaired) electrons. The van der Waals surface area contributed by atoms with Crippen LogP contribution >= 0.6 is 7.60 Å². The maximum atomic E-state index is 11.4. The fourth-order valence-corrected chi connectivity index (χ4v) is 3.46. The minimum Gasteiger partial charge on any atom is -0.323 e. The van der Waals surface area contributed by atoms with Crippen LogP contribution in [0.1, 0.15) is 27.2 Å². The van der Waals surface area contributed by atoms with E-state index in [4.69, 9.17) is 9.79 Å². The van der Waals surface area contributed by atoms with Crippen LogP contribution in [0.15, 0.2) is 0 Å². The van der Waals surface area contributed by atoms with Crippen LogP contribution in [-0.2, 0) is 18.9 Å². The maximum absolute atomic E-state index is 11.4. The Bertz CT molecular complexity index is 330. The minimum absolute atomic E-state index is 0.141. The Morgan fingerprint density at radius 3 is 2.00 bits per heavy atom.